The average molecular weight is 201 g/mol. The van der Waals surface area contributed by atoms with Crippen molar-refractivity contribution in [3.63, 3.8) is 0 Å². The summed E-state index contributed by atoms with van der Waals surface area (Å²) in [6, 6.07) is 8.08. The van der Waals surface area contributed by atoms with Crippen LogP contribution in [-0.2, 0) is 0 Å². The number of fused-ring (bicyclic) bond motifs is 1. The summed E-state index contributed by atoms with van der Waals surface area (Å²) in [7, 11) is 0. The number of H-pyrrole nitrogens is 1. The Morgan fingerprint density at radius 3 is 2.67 bits per heavy atom. The lowest BCUT2D eigenvalue weighted by Crippen LogP contribution is -2.07. The number of Topliss-reactive ketones (excluding diaryl/α,β-unsaturated/α-hetero) is 1. The molecule has 0 atom stereocenters. The maximum Gasteiger partial charge on any atom is 0.181 e. The van der Waals surface area contributed by atoms with Gasteiger partial charge < -0.3 is 4.98 Å². The molecule has 0 amide bonds. The van der Waals surface area contributed by atoms with Gasteiger partial charge in [-0.25, -0.2) is 0 Å². The van der Waals surface area contributed by atoms with Crippen molar-refractivity contribution in [2.24, 2.45) is 5.92 Å². The summed E-state index contributed by atoms with van der Waals surface area (Å²) in [5.74, 6) is 0.211. The highest BCUT2D eigenvalue weighted by atomic mass is 16.1. The Hall–Kier alpha value is -1.57. The minimum absolute atomic E-state index is 0.0409. The number of rotatable bonds is 2. The van der Waals surface area contributed by atoms with Crippen LogP contribution in [0, 0.1) is 12.8 Å². The summed E-state index contributed by atoms with van der Waals surface area (Å²) in [6.07, 6.45) is 0. The number of nitrogens with one attached hydrogen (secondary N) is 1. The second-order valence-electron chi connectivity index (χ2n) is 4.29. The second kappa shape index (κ2) is 3.54. The van der Waals surface area contributed by atoms with Crippen molar-refractivity contribution in [1.29, 1.82) is 0 Å². The van der Waals surface area contributed by atoms with Crippen LogP contribution in [0.5, 0.6) is 0 Å². The van der Waals surface area contributed by atoms with Crippen LogP contribution in [0.15, 0.2) is 24.3 Å². The Morgan fingerprint density at radius 2 is 2.00 bits per heavy atom. The first-order valence-corrected chi connectivity index (χ1v) is 5.21. The maximum atomic E-state index is 11.8. The van der Waals surface area contributed by atoms with E-state index >= 15 is 0 Å². The molecule has 1 aromatic heterocycles. The van der Waals surface area contributed by atoms with E-state index in [9.17, 15) is 4.79 Å². The number of aryl methyl sites for hydroxylation is 1. The van der Waals surface area contributed by atoms with Crippen molar-refractivity contribution >= 4 is 16.7 Å². The summed E-state index contributed by atoms with van der Waals surface area (Å²) in [5.41, 5.74) is 2.96. The molecule has 0 saturated heterocycles. The van der Waals surface area contributed by atoms with Gasteiger partial charge >= 0.3 is 0 Å². The molecule has 0 saturated carbocycles. The van der Waals surface area contributed by atoms with E-state index in [2.05, 4.69) is 18.0 Å². The Morgan fingerprint density at radius 1 is 1.27 bits per heavy atom. The summed E-state index contributed by atoms with van der Waals surface area (Å²) in [5, 5.41) is 1.11. The van der Waals surface area contributed by atoms with Crippen LogP contribution >= 0.6 is 0 Å². The number of aromatic amines is 1. The highest BCUT2D eigenvalue weighted by molar-refractivity contribution is 6.00. The molecule has 1 aromatic carbocycles. The van der Waals surface area contributed by atoms with Gasteiger partial charge in [-0.05, 0) is 25.1 Å². The van der Waals surface area contributed by atoms with E-state index in [1.165, 1.54) is 5.56 Å². The molecule has 0 bridgehead atoms. The maximum absolute atomic E-state index is 11.8. The van der Waals surface area contributed by atoms with Crippen molar-refractivity contribution in [2.45, 2.75) is 20.8 Å². The van der Waals surface area contributed by atoms with Crippen LogP contribution in [0.4, 0.5) is 0 Å². The molecule has 1 heterocycles. The lowest BCUT2D eigenvalue weighted by Gasteiger charge is -1.99. The molecule has 0 unspecified atom stereocenters. The number of carbonyl (C=O) groups excluding carboxylic acids is 1. The van der Waals surface area contributed by atoms with Gasteiger partial charge in [-0.15, -0.1) is 0 Å². The van der Waals surface area contributed by atoms with E-state index in [0.29, 0.717) is 5.69 Å². The molecule has 0 spiro atoms. The molecule has 2 aromatic rings. The van der Waals surface area contributed by atoms with Crippen LogP contribution in [0.3, 0.4) is 0 Å². The van der Waals surface area contributed by atoms with Gasteiger partial charge in [0.05, 0.1) is 5.69 Å². The Kier molecular flexibility index (Phi) is 2.35. The van der Waals surface area contributed by atoms with Gasteiger partial charge in [0.25, 0.3) is 0 Å². The van der Waals surface area contributed by atoms with Crippen LogP contribution in [-0.4, -0.2) is 10.8 Å². The Balaban J connectivity index is 2.52. The van der Waals surface area contributed by atoms with Crippen molar-refractivity contribution in [3.05, 3.63) is 35.5 Å². The summed E-state index contributed by atoms with van der Waals surface area (Å²) in [6.45, 7) is 5.88. The minimum atomic E-state index is 0.0409. The van der Waals surface area contributed by atoms with E-state index in [-0.39, 0.29) is 11.7 Å². The summed E-state index contributed by atoms with van der Waals surface area (Å²) < 4.78 is 0. The molecule has 0 fully saturated rings. The van der Waals surface area contributed by atoms with E-state index in [4.69, 9.17) is 0 Å². The van der Waals surface area contributed by atoms with Gasteiger partial charge in [0.2, 0.25) is 0 Å². The zero-order chi connectivity index (χ0) is 11.0. The number of ketones is 1. The predicted molar refractivity (Wildman–Crippen MR) is 62.2 cm³/mol. The van der Waals surface area contributed by atoms with E-state index in [1.54, 1.807) is 0 Å². The van der Waals surface area contributed by atoms with Crippen LogP contribution < -0.4 is 0 Å². The molecule has 2 heteroatoms. The van der Waals surface area contributed by atoms with Crippen molar-refractivity contribution in [3.8, 4) is 0 Å². The van der Waals surface area contributed by atoms with Gasteiger partial charge in [-0.3, -0.25) is 4.79 Å². The fourth-order valence-electron chi connectivity index (χ4n) is 1.70. The molecule has 0 aliphatic carbocycles. The smallest absolute Gasteiger partial charge is 0.181 e. The van der Waals surface area contributed by atoms with Gasteiger partial charge in [-0.2, -0.15) is 0 Å². The Bertz CT molecular complexity index is 508. The fourth-order valence-corrected chi connectivity index (χ4v) is 1.70. The first-order valence-electron chi connectivity index (χ1n) is 5.21. The molecule has 2 nitrogen and oxygen atoms in total. The number of carbonyl (C=O) groups is 1. The normalized spacial score (nSPS) is 11.2. The fraction of sp³-hybridized carbons (Fsp3) is 0.308. The SMILES string of the molecule is Cc1ccc2[nH]c(C(=O)C(C)C)cc2c1. The largest absolute Gasteiger partial charge is 0.352 e. The standard InChI is InChI=1S/C13H15NO/c1-8(2)13(15)12-7-10-6-9(3)4-5-11(10)14-12/h4-8,14H,1-3H3. The van der Waals surface area contributed by atoms with E-state index in [0.717, 1.165) is 10.9 Å². The minimum Gasteiger partial charge on any atom is -0.352 e. The van der Waals surface area contributed by atoms with Gasteiger partial charge in [0.1, 0.15) is 0 Å². The highest BCUT2D eigenvalue weighted by Crippen LogP contribution is 2.18. The topological polar surface area (TPSA) is 32.9 Å². The molecule has 2 rings (SSSR count). The van der Waals surface area contributed by atoms with Crippen molar-refractivity contribution < 1.29 is 4.79 Å². The number of hydrogen-bond acceptors (Lipinski definition) is 1. The van der Waals surface area contributed by atoms with Crippen LogP contribution in [0.25, 0.3) is 10.9 Å². The molecule has 15 heavy (non-hydrogen) atoms. The first kappa shape index (κ1) is 9.97. The van der Waals surface area contributed by atoms with Crippen molar-refractivity contribution in [1.82, 2.24) is 4.98 Å². The summed E-state index contributed by atoms with van der Waals surface area (Å²) >= 11 is 0. The predicted octanol–water partition coefficient (Wildman–Crippen LogP) is 3.32. The average Bonchev–Trinajstić information content (AvgIpc) is 2.58. The first-order chi connectivity index (χ1) is 7.08. The number of aromatic nitrogens is 1. The molecule has 1 N–H and O–H groups in total. The zero-order valence-electron chi connectivity index (χ0n) is 9.29. The van der Waals surface area contributed by atoms with Crippen molar-refractivity contribution in [2.75, 3.05) is 0 Å². The van der Waals surface area contributed by atoms with E-state index in [1.807, 2.05) is 32.0 Å². The van der Waals surface area contributed by atoms with Gasteiger partial charge in [-0.1, -0.05) is 25.5 Å². The third-order valence-electron chi connectivity index (χ3n) is 2.57. The molecule has 0 aliphatic heterocycles. The van der Waals surface area contributed by atoms with Gasteiger partial charge in [0, 0.05) is 16.8 Å². The highest BCUT2D eigenvalue weighted by Gasteiger charge is 2.12. The van der Waals surface area contributed by atoms with Crippen LogP contribution in [0.2, 0.25) is 0 Å². The monoisotopic (exact) mass is 201 g/mol. The van der Waals surface area contributed by atoms with E-state index < -0.39 is 0 Å². The van der Waals surface area contributed by atoms with Crippen LogP contribution in [0.1, 0.15) is 29.9 Å². The lowest BCUT2D eigenvalue weighted by atomic mass is 10.1. The second-order valence-corrected chi connectivity index (χ2v) is 4.29. The zero-order valence-corrected chi connectivity index (χ0v) is 9.29. The number of benzene rings is 1. The molecule has 78 valence electrons. The number of hydrogen-bond donors (Lipinski definition) is 1. The molecular formula is C13H15NO. The molecule has 0 radical (unpaired) electrons. The summed E-state index contributed by atoms with van der Waals surface area (Å²) in [4.78, 5) is 14.9. The molecular weight excluding hydrogens is 186 g/mol. The lowest BCUT2D eigenvalue weighted by molar-refractivity contribution is 0.0935. The third kappa shape index (κ3) is 1.80. The Labute approximate surface area is 89.3 Å². The molecule has 0 aliphatic rings. The quantitative estimate of drug-likeness (QED) is 0.743. The van der Waals surface area contributed by atoms with Gasteiger partial charge in [0.15, 0.2) is 5.78 Å². The third-order valence-corrected chi connectivity index (χ3v) is 2.57.